The van der Waals surface area contributed by atoms with Crippen LogP contribution in [0.5, 0.6) is 0 Å². The molecule has 1 aromatic heterocycles. The van der Waals surface area contributed by atoms with Crippen molar-refractivity contribution >= 4 is 11.0 Å². The number of rotatable bonds is 4. The third kappa shape index (κ3) is 2.20. The van der Waals surface area contributed by atoms with E-state index in [-0.39, 0.29) is 0 Å². The largest absolute Gasteiger partial charge is 0.330 e. The van der Waals surface area contributed by atoms with Crippen LogP contribution in [0.3, 0.4) is 0 Å². The predicted molar refractivity (Wildman–Crippen MR) is 72.3 cm³/mol. The molecule has 0 aliphatic heterocycles. The molecule has 17 heavy (non-hydrogen) atoms. The molecule has 92 valence electrons. The minimum absolute atomic E-state index is 0.727. The van der Waals surface area contributed by atoms with Crippen LogP contribution in [0.2, 0.25) is 0 Å². The van der Waals surface area contributed by atoms with Crippen LogP contribution in [0.4, 0.5) is 0 Å². The summed E-state index contributed by atoms with van der Waals surface area (Å²) in [6.07, 6.45) is 1.97. The fraction of sp³-hybridized carbons (Fsp3) is 0.500. The van der Waals surface area contributed by atoms with Crippen molar-refractivity contribution in [3.63, 3.8) is 0 Å². The molecule has 1 heterocycles. The number of nitrogens with zero attached hydrogens (tertiary/aromatic N) is 2. The second-order valence-electron chi connectivity index (χ2n) is 4.59. The van der Waals surface area contributed by atoms with E-state index in [1.165, 1.54) is 16.6 Å². The summed E-state index contributed by atoms with van der Waals surface area (Å²) in [5.41, 5.74) is 10.6. The lowest BCUT2D eigenvalue weighted by molar-refractivity contribution is 0.686. The molecule has 2 N–H and O–H groups in total. The third-order valence-electron chi connectivity index (χ3n) is 3.36. The number of benzene rings is 1. The van der Waals surface area contributed by atoms with E-state index in [9.17, 15) is 0 Å². The molecular weight excluding hydrogens is 210 g/mol. The van der Waals surface area contributed by atoms with Gasteiger partial charge in [0.25, 0.3) is 0 Å². The Morgan fingerprint density at radius 3 is 2.59 bits per heavy atom. The number of hydrogen-bond donors (Lipinski definition) is 1. The van der Waals surface area contributed by atoms with Gasteiger partial charge in [-0.05, 0) is 57.0 Å². The molecule has 0 radical (unpaired) electrons. The highest BCUT2D eigenvalue weighted by Crippen LogP contribution is 2.21. The second-order valence-corrected chi connectivity index (χ2v) is 4.59. The van der Waals surface area contributed by atoms with Crippen LogP contribution in [0.1, 0.15) is 30.3 Å². The number of hydrogen-bond acceptors (Lipinski definition) is 2. The van der Waals surface area contributed by atoms with E-state index in [1.54, 1.807) is 0 Å². The monoisotopic (exact) mass is 231 g/mol. The van der Waals surface area contributed by atoms with Gasteiger partial charge in [-0.1, -0.05) is 0 Å². The Bertz CT molecular complexity index is 526. The normalized spacial score (nSPS) is 11.3. The summed E-state index contributed by atoms with van der Waals surface area (Å²) < 4.78 is 2.30. The van der Waals surface area contributed by atoms with Gasteiger partial charge in [0.05, 0.1) is 11.0 Å². The van der Waals surface area contributed by atoms with E-state index in [2.05, 4.69) is 37.5 Å². The SMILES string of the molecule is CCn1c(CCCN)nc2cc(C)c(C)cc21. The zero-order valence-corrected chi connectivity index (χ0v) is 11.0. The lowest BCUT2D eigenvalue weighted by atomic mass is 10.1. The van der Waals surface area contributed by atoms with E-state index in [0.29, 0.717) is 0 Å². The number of aryl methyl sites for hydroxylation is 4. The van der Waals surface area contributed by atoms with Gasteiger partial charge in [-0.15, -0.1) is 0 Å². The topological polar surface area (TPSA) is 43.8 Å². The van der Waals surface area contributed by atoms with Crippen LogP contribution >= 0.6 is 0 Å². The minimum atomic E-state index is 0.727. The van der Waals surface area contributed by atoms with Crippen LogP contribution in [0, 0.1) is 13.8 Å². The summed E-state index contributed by atoms with van der Waals surface area (Å²) in [7, 11) is 0. The van der Waals surface area contributed by atoms with Gasteiger partial charge in [-0.25, -0.2) is 4.98 Å². The van der Waals surface area contributed by atoms with Gasteiger partial charge < -0.3 is 10.3 Å². The molecule has 3 heteroatoms. The van der Waals surface area contributed by atoms with Gasteiger partial charge in [-0.3, -0.25) is 0 Å². The third-order valence-corrected chi connectivity index (χ3v) is 3.36. The zero-order valence-electron chi connectivity index (χ0n) is 11.0. The molecule has 2 rings (SSSR count). The van der Waals surface area contributed by atoms with Crippen molar-refractivity contribution in [2.75, 3.05) is 6.54 Å². The lowest BCUT2D eigenvalue weighted by Gasteiger charge is -2.06. The Morgan fingerprint density at radius 1 is 1.24 bits per heavy atom. The molecule has 0 atom stereocenters. The first-order valence-corrected chi connectivity index (χ1v) is 6.33. The van der Waals surface area contributed by atoms with Crippen molar-refractivity contribution in [1.82, 2.24) is 9.55 Å². The molecule has 3 nitrogen and oxygen atoms in total. The molecule has 1 aromatic carbocycles. The highest BCUT2D eigenvalue weighted by molar-refractivity contribution is 5.78. The summed E-state index contributed by atoms with van der Waals surface area (Å²) in [6.45, 7) is 8.16. The summed E-state index contributed by atoms with van der Waals surface area (Å²) in [5.74, 6) is 1.16. The first-order chi connectivity index (χ1) is 8.17. The Morgan fingerprint density at radius 2 is 1.94 bits per heavy atom. The first kappa shape index (κ1) is 12.1. The lowest BCUT2D eigenvalue weighted by Crippen LogP contribution is -2.06. The molecule has 0 unspecified atom stereocenters. The first-order valence-electron chi connectivity index (χ1n) is 6.33. The van der Waals surface area contributed by atoms with Gasteiger partial charge in [-0.2, -0.15) is 0 Å². The van der Waals surface area contributed by atoms with Crippen molar-refractivity contribution in [2.45, 2.75) is 40.2 Å². The predicted octanol–water partition coefficient (Wildman–Crippen LogP) is 2.56. The highest BCUT2D eigenvalue weighted by atomic mass is 15.1. The Hall–Kier alpha value is -1.35. The average Bonchev–Trinajstić information content (AvgIpc) is 2.64. The van der Waals surface area contributed by atoms with E-state index in [0.717, 1.165) is 37.3 Å². The number of fused-ring (bicyclic) bond motifs is 1. The van der Waals surface area contributed by atoms with Crippen LogP contribution in [-0.4, -0.2) is 16.1 Å². The van der Waals surface area contributed by atoms with Crippen LogP contribution in [0.25, 0.3) is 11.0 Å². The average molecular weight is 231 g/mol. The summed E-state index contributed by atoms with van der Waals surface area (Å²) in [6, 6.07) is 4.43. The van der Waals surface area contributed by atoms with Crippen LogP contribution in [-0.2, 0) is 13.0 Å². The minimum Gasteiger partial charge on any atom is -0.330 e. The molecule has 2 aromatic rings. The molecular formula is C14H21N3. The molecule has 0 saturated heterocycles. The summed E-state index contributed by atoms with van der Waals surface area (Å²) in [4.78, 5) is 4.73. The van der Waals surface area contributed by atoms with Crippen molar-refractivity contribution in [3.8, 4) is 0 Å². The van der Waals surface area contributed by atoms with E-state index >= 15 is 0 Å². The van der Waals surface area contributed by atoms with Crippen molar-refractivity contribution < 1.29 is 0 Å². The highest BCUT2D eigenvalue weighted by Gasteiger charge is 2.10. The van der Waals surface area contributed by atoms with Gasteiger partial charge in [0.2, 0.25) is 0 Å². The number of aromatic nitrogens is 2. The Labute approximate surface area is 103 Å². The molecule has 0 aliphatic rings. The maximum atomic E-state index is 5.57. The maximum absolute atomic E-state index is 5.57. The van der Waals surface area contributed by atoms with E-state index in [1.807, 2.05) is 0 Å². The van der Waals surface area contributed by atoms with Crippen LogP contribution < -0.4 is 5.73 Å². The van der Waals surface area contributed by atoms with E-state index < -0.39 is 0 Å². The van der Waals surface area contributed by atoms with E-state index in [4.69, 9.17) is 10.7 Å². The number of nitrogens with two attached hydrogens (primary N) is 1. The smallest absolute Gasteiger partial charge is 0.109 e. The molecule has 0 aliphatic carbocycles. The molecule has 0 spiro atoms. The molecule has 0 bridgehead atoms. The second kappa shape index (κ2) is 4.88. The standard InChI is InChI=1S/C14H21N3/c1-4-17-13-9-11(3)10(2)8-12(13)16-14(17)6-5-7-15/h8-9H,4-7,15H2,1-3H3. The fourth-order valence-electron chi connectivity index (χ4n) is 2.23. The number of imidazole rings is 1. The van der Waals surface area contributed by atoms with Gasteiger partial charge >= 0.3 is 0 Å². The zero-order chi connectivity index (χ0) is 12.4. The van der Waals surface area contributed by atoms with Crippen LogP contribution in [0.15, 0.2) is 12.1 Å². The quantitative estimate of drug-likeness (QED) is 0.879. The van der Waals surface area contributed by atoms with Gasteiger partial charge in [0.15, 0.2) is 0 Å². The van der Waals surface area contributed by atoms with Gasteiger partial charge in [0, 0.05) is 13.0 Å². The molecule has 0 fully saturated rings. The molecule has 0 amide bonds. The Balaban J connectivity index is 2.54. The maximum Gasteiger partial charge on any atom is 0.109 e. The van der Waals surface area contributed by atoms with Crippen molar-refractivity contribution in [1.29, 1.82) is 0 Å². The Kier molecular flexibility index (Phi) is 3.48. The van der Waals surface area contributed by atoms with Crippen molar-refractivity contribution in [3.05, 3.63) is 29.1 Å². The van der Waals surface area contributed by atoms with Gasteiger partial charge in [0.1, 0.15) is 5.82 Å². The summed E-state index contributed by atoms with van der Waals surface area (Å²) in [5, 5.41) is 0. The van der Waals surface area contributed by atoms with Crippen molar-refractivity contribution in [2.24, 2.45) is 5.73 Å². The fourth-order valence-corrected chi connectivity index (χ4v) is 2.23. The summed E-state index contributed by atoms with van der Waals surface area (Å²) >= 11 is 0. The molecule has 0 saturated carbocycles.